The summed E-state index contributed by atoms with van der Waals surface area (Å²) >= 11 is 1.71. The van der Waals surface area contributed by atoms with E-state index >= 15 is 0 Å². The van der Waals surface area contributed by atoms with Crippen LogP contribution in [0.5, 0.6) is 0 Å². The van der Waals surface area contributed by atoms with Gasteiger partial charge in [-0.1, -0.05) is 6.42 Å². The third-order valence-electron chi connectivity index (χ3n) is 5.54. The van der Waals surface area contributed by atoms with E-state index in [1.54, 1.807) is 11.8 Å². The van der Waals surface area contributed by atoms with Gasteiger partial charge in [-0.25, -0.2) is 4.79 Å². The van der Waals surface area contributed by atoms with Gasteiger partial charge in [-0.2, -0.15) is 11.8 Å². The van der Waals surface area contributed by atoms with Crippen LogP contribution in [0.4, 0.5) is 4.79 Å². The van der Waals surface area contributed by atoms with Gasteiger partial charge in [-0.05, 0) is 44.8 Å². The molecule has 3 fully saturated rings. The van der Waals surface area contributed by atoms with Gasteiger partial charge in [0.1, 0.15) is 5.60 Å². The van der Waals surface area contributed by atoms with Crippen LogP contribution in [0.1, 0.15) is 51.4 Å². The van der Waals surface area contributed by atoms with Crippen molar-refractivity contribution in [1.29, 1.82) is 0 Å². The zero-order chi connectivity index (χ0) is 16.3. The number of rotatable bonds is 4. The van der Waals surface area contributed by atoms with E-state index in [-0.39, 0.29) is 23.6 Å². The Balaban J connectivity index is 1.51. The fraction of sp³-hybridized carbons (Fsp3) is 0.882. The van der Waals surface area contributed by atoms with Crippen molar-refractivity contribution >= 4 is 23.8 Å². The van der Waals surface area contributed by atoms with Gasteiger partial charge in [0.25, 0.3) is 0 Å². The van der Waals surface area contributed by atoms with Crippen molar-refractivity contribution in [1.82, 2.24) is 9.80 Å². The zero-order valence-electron chi connectivity index (χ0n) is 14.1. The molecule has 1 aliphatic carbocycles. The van der Waals surface area contributed by atoms with Crippen molar-refractivity contribution < 1.29 is 14.3 Å². The maximum atomic E-state index is 12.3. The van der Waals surface area contributed by atoms with Crippen LogP contribution in [0.25, 0.3) is 0 Å². The van der Waals surface area contributed by atoms with E-state index in [0.29, 0.717) is 6.42 Å². The summed E-state index contributed by atoms with van der Waals surface area (Å²) in [6.07, 6.45) is 9.93. The zero-order valence-corrected chi connectivity index (χ0v) is 14.9. The summed E-state index contributed by atoms with van der Waals surface area (Å²) in [4.78, 5) is 28.3. The summed E-state index contributed by atoms with van der Waals surface area (Å²) < 4.78 is 5.79. The Kier molecular flexibility index (Phi) is 5.39. The molecule has 0 aromatic carbocycles. The van der Waals surface area contributed by atoms with Gasteiger partial charge < -0.3 is 14.5 Å². The molecule has 0 N–H and O–H groups in total. The average molecular weight is 340 g/mol. The second kappa shape index (κ2) is 7.32. The van der Waals surface area contributed by atoms with Gasteiger partial charge in [0.05, 0.1) is 6.54 Å². The van der Waals surface area contributed by atoms with Crippen molar-refractivity contribution in [3.05, 3.63) is 0 Å². The Bertz CT molecular complexity index is 443. The molecule has 0 aromatic heterocycles. The molecule has 2 aliphatic heterocycles. The standard InChI is InChI=1S/C17H28N2O3S/c1-23-12-7-15(20)18-10-5-14(6-11-18)19-13-17(22-16(19)21)8-3-2-4-9-17/h14H,2-13H2,1H3. The van der Waals surface area contributed by atoms with Crippen molar-refractivity contribution in [3.8, 4) is 0 Å². The van der Waals surface area contributed by atoms with Crippen LogP contribution in [0, 0.1) is 0 Å². The number of hydrogen-bond donors (Lipinski definition) is 0. The highest BCUT2D eigenvalue weighted by molar-refractivity contribution is 7.98. The minimum atomic E-state index is -0.208. The molecule has 0 bridgehead atoms. The molecular weight excluding hydrogens is 312 g/mol. The third kappa shape index (κ3) is 3.78. The van der Waals surface area contributed by atoms with E-state index in [0.717, 1.165) is 51.1 Å². The van der Waals surface area contributed by atoms with E-state index in [1.165, 1.54) is 19.3 Å². The number of ether oxygens (including phenoxy) is 1. The first-order valence-electron chi connectivity index (χ1n) is 8.90. The maximum Gasteiger partial charge on any atom is 0.410 e. The minimum Gasteiger partial charge on any atom is -0.441 e. The molecule has 1 spiro atoms. The first kappa shape index (κ1) is 16.9. The van der Waals surface area contributed by atoms with Gasteiger partial charge in [0.2, 0.25) is 5.91 Å². The highest BCUT2D eigenvalue weighted by Crippen LogP contribution is 2.38. The Morgan fingerprint density at radius 2 is 1.96 bits per heavy atom. The second-order valence-corrected chi connectivity index (χ2v) is 8.08. The summed E-state index contributed by atoms with van der Waals surface area (Å²) in [6, 6.07) is 0.244. The first-order valence-corrected chi connectivity index (χ1v) is 10.3. The Morgan fingerprint density at radius 1 is 1.26 bits per heavy atom. The Hall–Kier alpha value is -0.910. The number of hydrogen-bond acceptors (Lipinski definition) is 4. The molecule has 0 unspecified atom stereocenters. The monoisotopic (exact) mass is 340 g/mol. The molecule has 5 nitrogen and oxygen atoms in total. The number of carbonyl (C=O) groups is 2. The maximum absolute atomic E-state index is 12.3. The number of likely N-dealkylation sites (tertiary alicyclic amines) is 1. The molecule has 0 radical (unpaired) electrons. The lowest BCUT2D eigenvalue weighted by Crippen LogP contribution is -2.48. The van der Waals surface area contributed by atoms with Gasteiger partial charge >= 0.3 is 6.09 Å². The SMILES string of the molecule is CSCCC(=O)N1CCC(N2CC3(CCCCC3)OC2=O)CC1. The summed E-state index contributed by atoms with van der Waals surface area (Å²) in [5.41, 5.74) is -0.208. The normalized spacial score (nSPS) is 25.0. The molecule has 0 aromatic rings. The molecule has 23 heavy (non-hydrogen) atoms. The molecule has 130 valence electrons. The van der Waals surface area contributed by atoms with Crippen LogP contribution < -0.4 is 0 Å². The van der Waals surface area contributed by atoms with Gasteiger partial charge in [0.15, 0.2) is 0 Å². The molecule has 0 atom stereocenters. The topological polar surface area (TPSA) is 49.9 Å². The largest absolute Gasteiger partial charge is 0.441 e. The van der Waals surface area contributed by atoms with Crippen LogP contribution in [-0.2, 0) is 9.53 Å². The highest BCUT2D eigenvalue weighted by atomic mass is 32.2. The predicted molar refractivity (Wildman–Crippen MR) is 91.6 cm³/mol. The van der Waals surface area contributed by atoms with Crippen LogP contribution in [-0.4, -0.2) is 65.1 Å². The number of carbonyl (C=O) groups excluding carboxylic acids is 2. The number of nitrogens with zero attached hydrogens (tertiary/aromatic N) is 2. The van der Waals surface area contributed by atoms with Crippen molar-refractivity contribution in [3.63, 3.8) is 0 Å². The van der Waals surface area contributed by atoms with Gasteiger partial charge in [-0.15, -0.1) is 0 Å². The third-order valence-corrected chi connectivity index (χ3v) is 6.15. The lowest BCUT2D eigenvalue weighted by Gasteiger charge is -2.36. The molecule has 1 saturated carbocycles. The molecule has 2 saturated heterocycles. The number of amides is 2. The van der Waals surface area contributed by atoms with Crippen LogP contribution in [0.3, 0.4) is 0 Å². The van der Waals surface area contributed by atoms with E-state index < -0.39 is 0 Å². The average Bonchev–Trinajstić information content (AvgIpc) is 2.89. The van der Waals surface area contributed by atoms with Crippen molar-refractivity contribution in [2.45, 2.75) is 63.0 Å². The lowest BCUT2D eigenvalue weighted by molar-refractivity contribution is -0.132. The summed E-state index contributed by atoms with van der Waals surface area (Å²) in [7, 11) is 0. The van der Waals surface area contributed by atoms with Crippen LogP contribution in [0.2, 0.25) is 0 Å². The molecular formula is C17H28N2O3S. The van der Waals surface area contributed by atoms with E-state index in [9.17, 15) is 9.59 Å². The van der Waals surface area contributed by atoms with Crippen LogP contribution in [0.15, 0.2) is 0 Å². The molecule has 3 aliphatic rings. The van der Waals surface area contributed by atoms with E-state index in [1.807, 2.05) is 16.1 Å². The molecule has 2 heterocycles. The fourth-order valence-corrected chi connectivity index (χ4v) is 4.54. The number of thioether (sulfide) groups is 1. The molecule has 3 rings (SSSR count). The van der Waals surface area contributed by atoms with Crippen LogP contribution >= 0.6 is 11.8 Å². The molecule has 2 amide bonds. The van der Waals surface area contributed by atoms with Gasteiger partial charge in [-0.3, -0.25) is 4.79 Å². The number of piperidine rings is 1. The second-order valence-electron chi connectivity index (χ2n) is 7.09. The minimum absolute atomic E-state index is 0.126. The quantitative estimate of drug-likeness (QED) is 0.789. The predicted octanol–water partition coefficient (Wildman–Crippen LogP) is 2.89. The smallest absolute Gasteiger partial charge is 0.410 e. The van der Waals surface area contributed by atoms with Gasteiger partial charge in [0, 0.05) is 31.3 Å². The molecule has 6 heteroatoms. The van der Waals surface area contributed by atoms with Crippen molar-refractivity contribution in [2.24, 2.45) is 0 Å². The summed E-state index contributed by atoms with van der Waals surface area (Å²) in [5, 5.41) is 0. The summed E-state index contributed by atoms with van der Waals surface area (Å²) in [5.74, 6) is 1.14. The van der Waals surface area contributed by atoms with Crippen molar-refractivity contribution in [2.75, 3.05) is 31.6 Å². The first-order chi connectivity index (χ1) is 11.1. The van der Waals surface area contributed by atoms with E-state index in [2.05, 4.69) is 0 Å². The Morgan fingerprint density at radius 3 is 2.61 bits per heavy atom. The lowest BCUT2D eigenvalue weighted by atomic mass is 9.84. The Labute approximate surface area is 143 Å². The van der Waals surface area contributed by atoms with E-state index in [4.69, 9.17) is 4.74 Å². The summed E-state index contributed by atoms with van der Waals surface area (Å²) in [6.45, 7) is 2.31. The highest BCUT2D eigenvalue weighted by Gasteiger charge is 2.48. The fourth-order valence-electron chi connectivity index (χ4n) is 4.16.